The largest absolute Gasteiger partial charge is 0.460 e. The zero-order valence-electron chi connectivity index (χ0n) is 12.5. The van der Waals surface area contributed by atoms with Crippen molar-refractivity contribution in [3.05, 3.63) is 40.1 Å². The van der Waals surface area contributed by atoms with Crippen molar-refractivity contribution >= 4 is 5.97 Å². The molecular weight excluding hydrogens is 276 g/mol. The van der Waals surface area contributed by atoms with E-state index in [1.165, 1.54) is 6.07 Å². The number of hydrogen-bond acceptors (Lipinski definition) is 6. The highest BCUT2D eigenvalue weighted by Crippen LogP contribution is 2.18. The van der Waals surface area contributed by atoms with Gasteiger partial charge in [0, 0.05) is 5.41 Å². The Bertz CT molecular complexity index is 687. The fourth-order valence-corrected chi connectivity index (χ4v) is 1.63. The van der Waals surface area contributed by atoms with E-state index in [0.717, 1.165) is 4.68 Å². The van der Waals surface area contributed by atoms with Gasteiger partial charge in [-0.1, -0.05) is 20.8 Å². The lowest BCUT2D eigenvalue weighted by Crippen LogP contribution is -2.16. The number of esters is 1. The zero-order valence-corrected chi connectivity index (χ0v) is 12.5. The van der Waals surface area contributed by atoms with E-state index < -0.39 is 11.7 Å². The number of furan rings is 1. The molecule has 0 aliphatic carbocycles. The third-order valence-electron chi connectivity index (χ3n) is 2.69. The summed E-state index contributed by atoms with van der Waals surface area (Å²) in [6.07, 6.45) is 0. The summed E-state index contributed by atoms with van der Waals surface area (Å²) in [5.74, 6) is -0.223. The van der Waals surface area contributed by atoms with Crippen LogP contribution in [0.2, 0.25) is 0 Å². The van der Waals surface area contributed by atoms with Crippen LogP contribution in [0.4, 0.5) is 0 Å². The molecule has 2 aromatic heterocycles. The quantitative estimate of drug-likeness (QED) is 0.801. The molecule has 2 rings (SSSR count). The lowest BCUT2D eigenvalue weighted by Gasteiger charge is -2.10. The third kappa shape index (κ3) is 3.42. The molecule has 0 radical (unpaired) electrons. The molecule has 0 saturated carbocycles. The molecule has 0 bridgehead atoms. The standard InChI is InChI=1S/C14H18N2O5/c1-5-19-11(17)10-7-6-9(20-10)8-16-13(18)21-12(15-16)14(2,3)4/h6-7H,5,8H2,1-4H3. The van der Waals surface area contributed by atoms with E-state index in [0.29, 0.717) is 11.7 Å². The minimum atomic E-state index is -0.561. The van der Waals surface area contributed by atoms with Gasteiger partial charge in [-0.05, 0) is 19.1 Å². The van der Waals surface area contributed by atoms with Crippen LogP contribution >= 0.6 is 0 Å². The van der Waals surface area contributed by atoms with E-state index in [9.17, 15) is 9.59 Å². The van der Waals surface area contributed by atoms with Crippen molar-refractivity contribution in [2.75, 3.05) is 6.61 Å². The predicted molar refractivity (Wildman–Crippen MR) is 73.2 cm³/mol. The first-order chi connectivity index (χ1) is 9.81. The van der Waals surface area contributed by atoms with Crippen molar-refractivity contribution in [1.82, 2.24) is 9.78 Å². The Balaban J connectivity index is 2.18. The number of rotatable bonds is 4. The first kappa shape index (κ1) is 15.1. The molecule has 0 unspecified atom stereocenters. The van der Waals surface area contributed by atoms with E-state index in [4.69, 9.17) is 13.6 Å². The summed E-state index contributed by atoms with van der Waals surface area (Å²) in [6, 6.07) is 3.10. The molecule has 21 heavy (non-hydrogen) atoms. The van der Waals surface area contributed by atoms with Crippen molar-refractivity contribution in [1.29, 1.82) is 0 Å². The molecule has 7 nitrogen and oxygen atoms in total. The van der Waals surface area contributed by atoms with E-state index in [-0.39, 0.29) is 24.3 Å². The van der Waals surface area contributed by atoms with Crippen molar-refractivity contribution in [3.63, 3.8) is 0 Å². The number of nitrogens with zero attached hydrogens (tertiary/aromatic N) is 2. The number of ether oxygens (including phenoxy) is 1. The van der Waals surface area contributed by atoms with E-state index >= 15 is 0 Å². The molecular formula is C14H18N2O5. The maximum atomic E-state index is 11.7. The minimum Gasteiger partial charge on any atom is -0.460 e. The fraction of sp³-hybridized carbons (Fsp3) is 0.500. The smallest absolute Gasteiger partial charge is 0.437 e. The van der Waals surface area contributed by atoms with Gasteiger partial charge in [-0.15, -0.1) is 5.10 Å². The van der Waals surface area contributed by atoms with Crippen LogP contribution in [0, 0.1) is 0 Å². The van der Waals surface area contributed by atoms with Crippen LogP contribution < -0.4 is 5.76 Å². The van der Waals surface area contributed by atoms with Crippen molar-refractivity contribution < 1.29 is 18.4 Å². The SMILES string of the molecule is CCOC(=O)c1ccc(Cn2nc(C(C)(C)C)oc2=O)o1. The maximum Gasteiger partial charge on any atom is 0.437 e. The van der Waals surface area contributed by atoms with Gasteiger partial charge in [-0.2, -0.15) is 4.68 Å². The number of carbonyl (C=O) groups is 1. The van der Waals surface area contributed by atoms with Crippen LogP contribution in [0.25, 0.3) is 0 Å². The summed E-state index contributed by atoms with van der Waals surface area (Å²) in [7, 11) is 0. The Morgan fingerprint density at radius 1 is 1.33 bits per heavy atom. The van der Waals surface area contributed by atoms with Gasteiger partial charge in [-0.3, -0.25) is 0 Å². The summed E-state index contributed by atoms with van der Waals surface area (Å²) in [5, 5.41) is 4.13. The number of carbonyl (C=O) groups excluding carboxylic acids is 1. The first-order valence-corrected chi connectivity index (χ1v) is 6.65. The Morgan fingerprint density at radius 2 is 2.05 bits per heavy atom. The average Bonchev–Trinajstić information content (AvgIpc) is 2.98. The topological polar surface area (TPSA) is 87.5 Å². The Labute approximate surface area is 121 Å². The maximum absolute atomic E-state index is 11.7. The molecule has 0 aliphatic rings. The van der Waals surface area contributed by atoms with Gasteiger partial charge < -0.3 is 13.6 Å². The van der Waals surface area contributed by atoms with Crippen LogP contribution in [0.3, 0.4) is 0 Å². The van der Waals surface area contributed by atoms with Crippen LogP contribution in [-0.2, 0) is 16.7 Å². The minimum absolute atomic E-state index is 0.0951. The first-order valence-electron chi connectivity index (χ1n) is 6.65. The molecule has 0 N–H and O–H groups in total. The highest BCUT2D eigenvalue weighted by atomic mass is 16.5. The summed E-state index contributed by atoms with van der Waals surface area (Å²) in [5.41, 5.74) is -0.357. The number of hydrogen-bond donors (Lipinski definition) is 0. The monoisotopic (exact) mass is 294 g/mol. The van der Waals surface area contributed by atoms with E-state index in [1.807, 2.05) is 20.8 Å². The highest BCUT2D eigenvalue weighted by molar-refractivity contribution is 5.86. The third-order valence-corrected chi connectivity index (χ3v) is 2.69. The summed E-state index contributed by atoms with van der Waals surface area (Å²) >= 11 is 0. The molecule has 2 aromatic rings. The highest BCUT2D eigenvalue weighted by Gasteiger charge is 2.23. The van der Waals surface area contributed by atoms with Crippen LogP contribution in [0.1, 0.15) is 49.9 Å². The van der Waals surface area contributed by atoms with Gasteiger partial charge >= 0.3 is 11.7 Å². The van der Waals surface area contributed by atoms with Gasteiger partial charge in [-0.25, -0.2) is 9.59 Å². The molecule has 0 spiro atoms. The summed E-state index contributed by atoms with van der Waals surface area (Å²) in [6.45, 7) is 7.77. The molecule has 114 valence electrons. The van der Waals surface area contributed by atoms with Crippen molar-refractivity contribution in [2.24, 2.45) is 0 Å². The Kier molecular flexibility index (Phi) is 4.02. The van der Waals surface area contributed by atoms with Crippen molar-refractivity contribution in [3.8, 4) is 0 Å². The van der Waals surface area contributed by atoms with E-state index in [2.05, 4.69) is 5.10 Å². The lowest BCUT2D eigenvalue weighted by atomic mass is 9.97. The molecule has 0 fully saturated rings. The average molecular weight is 294 g/mol. The summed E-state index contributed by atoms with van der Waals surface area (Å²) < 4.78 is 16.4. The molecule has 7 heteroatoms. The zero-order chi connectivity index (χ0) is 15.6. The molecule has 0 aromatic carbocycles. The van der Waals surface area contributed by atoms with Crippen molar-refractivity contribution in [2.45, 2.75) is 39.7 Å². The number of aromatic nitrogens is 2. The second kappa shape index (κ2) is 5.59. The molecule has 0 aliphatic heterocycles. The van der Waals surface area contributed by atoms with Gasteiger partial charge in [0.15, 0.2) is 0 Å². The van der Waals surface area contributed by atoms with Gasteiger partial charge in [0.1, 0.15) is 12.3 Å². The second-order valence-electron chi connectivity index (χ2n) is 5.57. The summed E-state index contributed by atoms with van der Waals surface area (Å²) in [4.78, 5) is 23.2. The van der Waals surface area contributed by atoms with Crippen LogP contribution in [0.5, 0.6) is 0 Å². The Morgan fingerprint density at radius 3 is 2.62 bits per heavy atom. The van der Waals surface area contributed by atoms with Gasteiger partial charge in [0.25, 0.3) is 0 Å². The molecule has 0 amide bonds. The molecule has 0 saturated heterocycles. The normalized spacial score (nSPS) is 11.6. The predicted octanol–water partition coefficient (Wildman–Crippen LogP) is 1.95. The van der Waals surface area contributed by atoms with Crippen LogP contribution in [0.15, 0.2) is 25.8 Å². The fourth-order valence-electron chi connectivity index (χ4n) is 1.63. The Hall–Kier alpha value is -2.31. The van der Waals surface area contributed by atoms with Crippen LogP contribution in [-0.4, -0.2) is 22.4 Å². The second-order valence-corrected chi connectivity index (χ2v) is 5.57. The molecule has 2 heterocycles. The van der Waals surface area contributed by atoms with Gasteiger partial charge in [0.05, 0.1) is 6.61 Å². The lowest BCUT2D eigenvalue weighted by molar-refractivity contribution is 0.0487. The van der Waals surface area contributed by atoms with Gasteiger partial charge in [0.2, 0.25) is 11.7 Å². The van der Waals surface area contributed by atoms with E-state index in [1.54, 1.807) is 13.0 Å². The molecule has 0 atom stereocenters.